The Balaban J connectivity index is 0.00000121. The Morgan fingerprint density at radius 1 is 1.29 bits per heavy atom. The molecule has 4 heteroatoms. The predicted molar refractivity (Wildman–Crippen MR) is 70.7 cm³/mol. The third-order valence-corrected chi connectivity index (χ3v) is 2.31. The summed E-state index contributed by atoms with van der Waals surface area (Å²) in [5.41, 5.74) is 0.302. The number of nitrogens with zero attached hydrogens (tertiary/aromatic N) is 2. The van der Waals surface area contributed by atoms with Crippen LogP contribution in [0, 0.1) is 5.41 Å². The van der Waals surface area contributed by atoms with Crippen LogP contribution in [-0.4, -0.2) is 15.9 Å². The first kappa shape index (κ1) is 15.6. The standard InChI is InChI=1S/C11H17N3O.C2H6/c1-4-5-11(2,3)10(15)14-9-6-12-8-13-7-9;1-2/h6-8H,4-5H2,1-3H3,(H,14,15);1-2H3. The van der Waals surface area contributed by atoms with E-state index in [1.54, 1.807) is 12.4 Å². The van der Waals surface area contributed by atoms with Crippen molar-refractivity contribution in [2.45, 2.75) is 47.5 Å². The minimum atomic E-state index is -0.343. The summed E-state index contributed by atoms with van der Waals surface area (Å²) in [6.07, 6.45) is 6.48. The summed E-state index contributed by atoms with van der Waals surface area (Å²) in [5, 5.41) is 2.80. The number of carbonyl (C=O) groups excluding carboxylic acids is 1. The molecule has 0 bridgehead atoms. The molecule has 0 spiro atoms. The fraction of sp³-hybridized carbons (Fsp3) is 0.615. The maximum Gasteiger partial charge on any atom is 0.230 e. The smallest absolute Gasteiger partial charge is 0.230 e. The van der Waals surface area contributed by atoms with Crippen LogP contribution in [0.25, 0.3) is 0 Å². The van der Waals surface area contributed by atoms with Crippen molar-refractivity contribution in [2.75, 3.05) is 5.32 Å². The van der Waals surface area contributed by atoms with E-state index in [2.05, 4.69) is 22.2 Å². The molecule has 1 rings (SSSR count). The van der Waals surface area contributed by atoms with Gasteiger partial charge in [-0.15, -0.1) is 0 Å². The van der Waals surface area contributed by atoms with Crippen LogP contribution >= 0.6 is 0 Å². The molecule has 17 heavy (non-hydrogen) atoms. The van der Waals surface area contributed by atoms with E-state index < -0.39 is 0 Å². The molecule has 0 saturated carbocycles. The largest absolute Gasteiger partial charge is 0.323 e. The van der Waals surface area contributed by atoms with Gasteiger partial charge in [-0.1, -0.05) is 41.0 Å². The molecule has 96 valence electrons. The Morgan fingerprint density at radius 3 is 2.29 bits per heavy atom. The number of hydrogen-bond donors (Lipinski definition) is 1. The van der Waals surface area contributed by atoms with Gasteiger partial charge in [0, 0.05) is 5.41 Å². The van der Waals surface area contributed by atoms with Crippen molar-refractivity contribution in [3.8, 4) is 0 Å². The van der Waals surface area contributed by atoms with Crippen LogP contribution in [0.1, 0.15) is 47.5 Å². The quantitative estimate of drug-likeness (QED) is 0.874. The summed E-state index contributed by atoms with van der Waals surface area (Å²) >= 11 is 0. The first-order chi connectivity index (χ1) is 8.06. The topological polar surface area (TPSA) is 54.9 Å². The van der Waals surface area contributed by atoms with Crippen molar-refractivity contribution < 1.29 is 4.79 Å². The first-order valence-corrected chi connectivity index (χ1v) is 6.12. The Morgan fingerprint density at radius 2 is 1.82 bits per heavy atom. The SMILES string of the molecule is CC.CCCC(C)(C)C(=O)Nc1cncnc1. The minimum Gasteiger partial charge on any atom is -0.323 e. The fourth-order valence-electron chi connectivity index (χ4n) is 1.40. The lowest BCUT2D eigenvalue weighted by molar-refractivity contribution is -0.124. The number of aromatic nitrogens is 2. The highest BCUT2D eigenvalue weighted by Crippen LogP contribution is 2.23. The van der Waals surface area contributed by atoms with Crippen LogP contribution in [-0.2, 0) is 4.79 Å². The van der Waals surface area contributed by atoms with Crippen LogP contribution in [0.5, 0.6) is 0 Å². The van der Waals surface area contributed by atoms with Crippen molar-refractivity contribution in [1.82, 2.24) is 9.97 Å². The fourth-order valence-corrected chi connectivity index (χ4v) is 1.40. The van der Waals surface area contributed by atoms with E-state index in [0.717, 1.165) is 12.8 Å². The van der Waals surface area contributed by atoms with Crippen LogP contribution in [0.3, 0.4) is 0 Å². The number of nitrogens with one attached hydrogen (secondary N) is 1. The number of amides is 1. The minimum absolute atomic E-state index is 0.0131. The molecule has 0 aliphatic heterocycles. The van der Waals surface area contributed by atoms with Crippen molar-refractivity contribution >= 4 is 11.6 Å². The summed E-state index contributed by atoms with van der Waals surface area (Å²) in [6.45, 7) is 9.95. The van der Waals surface area contributed by atoms with Gasteiger partial charge in [0.25, 0.3) is 0 Å². The van der Waals surface area contributed by atoms with Crippen LogP contribution in [0.4, 0.5) is 5.69 Å². The second-order valence-electron chi connectivity index (χ2n) is 4.22. The first-order valence-electron chi connectivity index (χ1n) is 6.12. The summed E-state index contributed by atoms with van der Waals surface area (Å²) in [7, 11) is 0. The molecule has 0 atom stereocenters. The van der Waals surface area contributed by atoms with Gasteiger partial charge in [-0.25, -0.2) is 9.97 Å². The molecule has 0 aliphatic carbocycles. The molecule has 1 N–H and O–H groups in total. The van der Waals surface area contributed by atoms with Gasteiger partial charge in [-0.05, 0) is 6.42 Å². The third-order valence-electron chi connectivity index (χ3n) is 2.31. The molecule has 0 unspecified atom stereocenters. The molecule has 0 fully saturated rings. The summed E-state index contributed by atoms with van der Waals surface area (Å²) in [4.78, 5) is 19.5. The molecule has 0 saturated heterocycles. The van der Waals surface area contributed by atoms with E-state index in [0.29, 0.717) is 5.69 Å². The van der Waals surface area contributed by atoms with Crippen molar-refractivity contribution in [3.05, 3.63) is 18.7 Å². The van der Waals surface area contributed by atoms with Crippen LogP contribution < -0.4 is 5.32 Å². The molecule has 1 aromatic heterocycles. The molecule has 4 nitrogen and oxygen atoms in total. The molecule has 1 heterocycles. The summed E-state index contributed by atoms with van der Waals surface area (Å²) in [5.74, 6) is 0.0131. The van der Waals surface area contributed by atoms with Gasteiger partial charge < -0.3 is 5.32 Å². The average molecular weight is 237 g/mol. The van der Waals surface area contributed by atoms with E-state index in [4.69, 9.17) is 0 Å². The Hall–Kier alpha value is -1.45. The summed E-state index contributed by atoms with van der Waals surface area (Å²) < 4.78 is 0. The van der Waals surface area contributed by atoms with Gasteiger partial charge in [0.15, 0.2) is 0 Å². The molecule has 1 aromatic rings. The van der Waals surface area contributed by atoms with Gasteiger partial charge in [0.2, 0.25) is 5.91 Å². The highest BCUT2D eigenvalue weighted by atomic mass is 16.2. The van der Waals surface area contributed by atoms with E-state index in [9.17, 15) is 4.79 Å². The van der Waals surface area contributed by atoms with E-state index in [1.165, 1.54) is 6.33 Å². The Labute approximate surface area is 104 Å². The second kappa shape index (κ2) is 7.76. The monoisotopic (exact) mass is 237 g/mol. The van der Waals surface area contributed by atoms with Crippen LogP contribution in [0.15, 0.2) is 18.7 Å². The van der Waals surface area contributed by atoms with Crippen molar-refractivity contribution in [1.29, 1.82) is 0 Å². The molecule has 0 radical (unpaired) electrons. The van der Waals surface area contributed by atoms with Gasteiger partial charge in [0.05, 0.1) is 18.1 Å². The van der Waals surface area contributed by atoms with Gasteiger partial charge >= 0.3 is 0 Å². The molecule has 1 amide bonds. The Bertz CT molecular complexity index is 323. The average Bonchev–Trinajstić information content (AvgIpc) is 2.33. The lowest BCUT2D eigenvalue weighted by Crippen LogP contribution is -2.30. The second-order valence-corrected chi connectivity index (χ2v) is 4.22. The highest BCUT2D eigenvalue weighted by molar-refractivity contribution is 5.94. The van der Waals surface area contributed by atoms with E-state index in [1.807, 2.05) is 27.7 Å². The Kier molecular flexibility index (Phi) is 7.10. The lowest BCUT2D eigenvalue weighted by Gasteiger charge is -2.22. The van der Waals surface area contributed by atoms with Crippen LogP contribution in [0.2, 0.25) is 0 Å². The van der Waals surface area contributed by atoms with E-state index in [-0.39, 0.29) is 11.3 Å². The normalized spacial score (nSPS) is 10.2. The highest BCUT2D eigenvalue weighted by Gasteiger charge is 2.26. The predicted octanol–water partition coefficient (Wildman–Crippen LogP) is 3.27. The zero-order valence-electron chi connectivity index (χ0n) is 11.4. The number of carbonyl (C=O) groups is 1. The summed E-state index contributed by atoms with van der Waals surface area (Å²) in [6, 6.07) is 0. The number of anilines is 1. The van der Waals surface area contributed by atoms with Crippen molar-refractivity contribution in [3.63, 3.8) is 0 Å². The number of hydrogen-bond acceptors (Lipinski definition) is 3. The zero-order chi connectivity index (χ0) is 13.3. The third kappa shape index (κ3) is 5.43. The maximum absolute atomic E-state index is 11.9. The van der Waals surface area contributed by atoms with Gasteiger partial charge in [-0.3, -0.25) is 4.79 Å². The number of rotatable bonds is 4. The maximum atomic E-state index is 11.9. The van der Waals surface area contributed by atoms with Crippen molar-refractivity contribution in [2.24, 2.45) is 5.41 Å². The molecular weight excluding hydrogens is 214 g/mol. The molecule has 0 aliphatic rings. The lowest BCUT2D eigenvalue weighted by atomic mass is 9.87. The van der Waals surface area contributed by atoms with E-state index >= 15 is 0 Å². The zero-order valence-corrected chi connectivity index (χ0v) is 11.4. The molecular formula is C13H23N3O. The van der Waals surface area contributed by atoms with Gasteiger partial charge in [0.1, 0.15) is 6.33 Å². The van der Waals surface area contributed by atoms with Gasteiger partial charge in [-0.2, -0.15) is 0 Å². The molecule has 0 aromatic carbocycles.